The second-order valence-corrected chi connectivity index (χ2v) is 9.23. The molecule has 9 heteroatoms. The minimum atomic E-state index is -0.793. The van der Waals surface area contributed by atoms with Gasteiger partial charge in [0.2, 0.25) is 0 Å². The van der Waals surface area contributed by atoms with Crippen LogP contribution in [0.4, 0.5) is 0 Å². The third kappa shape index (κ3) is 7.87. The summed E-state index contributed by atoms with van der Waals surface area (Å²) in [5.74, 6) is 1.52. The number of hydrazone groups is 1. The highest BCUT2D eigenvalue weighted by atomic mass is 79.9. The normalized spacial score (nSPS) is 11.6. The van der Waals surface area contributed by atoms with Crippen LogP contribution >= 0.6 is 27.7 Å². The highest BCUT2D eigenvalue weighted by Gasteiger charge is 2.22. The number of amides is 2. The van der Waals surface area contributed by atoms with Crippen LogP contribution in [0.1, 0.15) is 21.5 Å². The van der Waals surface area contributed by atoms with Gasteiger partial charge >= 0.3 is 0 Å². The topological polar surface area (TPSA) is 89.0 Å². The number of carbonyl (C=O) groups excluding carboxylic acids is 2. The number of nitrogens with one attached hydrogen (secondary N) is 2. The van der Waals surface area contributed by atoms with Crippen LogP contribution in [0.3, 0.4) is 0 Å². The second-order valence-electron chi connectivity index (χ2n) is 7.35. The summed E-state index contributed by atoms with van der Waals surface area (Å²) in [6, 6.07) is 21.5. The first-order chi connectivity index (χ1) is 17.0. The molecule has 7 nitrogen and oxygen atoms in total. The van der Waals surface area contributed by atoms with Crippen LogP contribution in [0, 0.1) is 0 Å². The van der Waals surface area contributed by atoms with Gasteiger partial charge in [0.25, 0.3) is 11.8 Å². The van der Waals surface area contributed by atoms with Gasteiger partial charge in [-0.05, 0) is 45.8 Å². The predicted molar refractivity (Wildman–Crippen MR) is 143 cm³/mol. The molecule has 3 aromatic rings. The lowest BCUT2D eigenvalue weighted by atomic mass is 10.2. The lowest BCUT2D eigenvalue weighted by molar-refractivity contribution is -0.122. The van der Waals surface area contributed by atoms with Crippen molar-refractivity contribution in [1.82, 2.24) is 10.7 Å². The molecule has 0 radical (unpaired) electrons. The van der Waals surface area contributed by atoms with Crippen molar-refractivity contribution < 1.29 is 19.1 Å². The van der Waals surface area contributed by atoms with Crippen LogP contribution in [0.5, 0.6) is 11.5 Å². The van der Waals surface area contributed by atoms with Crippen molar-refractivity contribution in [3.8, 4) is 11.5 Å². The number of nitrogens with zero attached hydrogens (tertiary/aromatic N) is 1. The highest BCUT2D eigenvalue weighted by Crippen LogP contribution is 2.23. The van der Waals surface area contributed by atoms with Crippen LogP contribution in [0.2, 0.25) is 0 Å². The summed E-state index contributed by atoms with van der Waals surface area (Å²) in [6.07, 6.45) is 1.49. The van der Waals surface area contributed by atoms with Crippen LogP contribution in [0.25, 0.3) is 0 Å². The molecule has 0 aliphatic carbocycles. The van der Waals surface area contributed by atoms with Crippen molar-refractivity contribution >= 4 is 45.7 Å². The number of ether oxygens (including phenoxy) is 2. The molecule has 0 spiro atoms. The third-order valence-electron chi connectivity index (χ3n) is 4.96. The minimum absolute atomic E-state index is 0.348. The summed E-state index contributed by atoms with van der Waals surface area (Å²) in [4.78, 5) is 25.8. The molecule has 0 saturated carbocycles. The van der Waals surface area contributed by atoms with Gasteiger partial charge in [0.05, 0.1) is 26.0 Å². The van der Waals surface area contributed by atoms with E-state index in [0.29, 0.717) is 38.6 Å². The number of hydrogen-bond acceptors (Lipinski definition) is 6. The van der Waals surface area contributed by atoms with Crippen molar-refractivity contribution in [2.75, 3.05) is 20.0 Å². The highest BCUT2D eigenvalue weighted by molar-refractivity contribution is 9.10. The Hall–Kier alpha value is -3.30. The number of thioether (sulfide) groups is 1. The van der Waals surface area contributed by atoms with E-state index in [1.54, 1.807) is 62.4 Å². The second kappa shape index (κ2) is 13.6. The van der Waals surface area contributed by atoms with Gasteiger partial charge in [0, 0.05) is 27.6 Å². The van der Waals surface area contributed by atoms with Gasteiger partial charge < -0.3 is 14.8 Å². The van der Waals surface area contributed by atoms with E-state index >= 15 is 0 Å². The zero-order chi connectivity index (χ0) is 25.0. The molecule has 0 aliphatic heterocycles. The fourth-order valence-electron chi connectivity index (χ4n) is 3.10. The maximum absolute atomic E-state index is 13.0. The molecule has 3 aromatic carbocycles. The molecule has 2 N–H and O–H groups in total. The van der Waals surface area contributed by atoms with E-state index in [2.05, 4.69) is 31.8 Å². The van der Waals surface area contributed by atoms with E-state index in [-0.39, 0.29) is 5.91 Å². The van der Waals surface area contributed by atoms with Gasteiger partial charge in [-0.1, -0.05) is 42.5 Å². The van der Waals surface area contributed by atoms with E-state index in [4.69, 9.17) is 9.47 Å². The van der Waals surface area contributed by atoms with Crippen molar-refractivity contribution in [1.29, 1.82) is 0 Å². The Labute approximate surface area is 217 Å². The van der Waals surface area contributed by atoms with Gasteiger partial charge in [-0.15, -0.1) is 0 Å². The van der Waals surface area contributed by atoms with Gasteiger partial charge in [-0.2, -0.15) is 16.9 Å². The lowest BCUT2D eigenvalue weighted by Crippen LogP contribution is -2.47. The zero-order valence-electron chi connectivity index (χ0n) is 19.4. The van der Waals surface area contributed by atoms with Crippen molar-refractivity contribution in [2.45, 2.75) is 11.8 Å². The smallest absolute Gasteiger partial charge is 0.263 e. The minimum Gasteiger partial charge on any atom is -0.497 e. The fourth-order valence-corrected chi connectivity index (χ4v) is 4.58. The van der Waals surface area contributed by atoms with Gasteiger partial charge in [0.15, 0.2) is 0 Å². The first kappa shape index (κ1) is 26.3. The fraction of sp³-hybridized carbons (Fsp3) is 0.192. The van der Waals surface area contributed by atoms with E-state index in [9.17, 15) is 9.59 Å². The van der Waals surface area contributed by atoms with Crippen LogP contribution in [-0.4, -0.2) is 44.0 Å². The number of benzene rings is 3. The van der Waals surface area contributed by atoms with Crippen LogP contribution < -0.4 is 20.2 Å². The number of halogens is 1. The van der Waals surface area contributed by atoms with Crippen molar-refractivity contribution in [3.63, 3.8) is 0 Å². The average Bonchev–Trinajstić information content (AvgIpc) is 2.88. The molecular formula is C26H26BrN3O4S. The number of rotatable bonds is 11. The number of hydrogen-bond donors (Lipinski definition) is 2. The average molecular weight is 556 g/mol. The summed E-state index contributed by atoms with van der Waals surface area (Å²) >= 11 is 4.94. The Kier molecular flexibility index (Phi) is 10.2. The van der Waals surface area contributed by atoms with Crippen LogP contribution in [-0.2, 0) is 10.5 Å². The van der Waals surface area contributed by atoms with Gasteiger partial charge in [0.1, 0.15) is 17.5 Å². The van der Waals surface area contributed by atoms with E-state index in [1.165, 1.54) is 6.21 Å². The number of carbonyl (C=O) groups is 2. The summed E-state index contributed by atoms with van der Waals surface area (Å²) in [5.41, 5.74) is 4.79. The molecule has 0 aromatic heterocycles. The van der Waals surface area contributed by atoms with Crippen LogP contribution in [0.15, 0.2) is 82.4 Å². The Balaban J connectivity index is 1.69. The van der Waals surface area contributed by atoms with Crippen molar-refractivity contribution in [3.05, 3.63) is 94.0 Å². The molecule has 2 amide bonds. The summed E-state index contributed by atoms with van der Waals surface area (Å²) in [5, 5.41) is 6.90. The maximum Gasteiger partial charge on any atom is 0.263 e. The molecule has 0 unspecified atom stereocenters. The van der Waals surface area contributed by atoms with E-state index in [0.717, 1.165) is 5.56 Å². The Morgan fingerprint density at radius 2 is 1.77 bits per heavy atom. The number of methoxy groups -OCH3 is 2. The Morgan fingerprint density at radius 1 is 1.03 bits per heavy atom. The molecule has 0 bridgehead atoms. The molecule has 1 atom stereocenters. The summed E-state index contributed by atoms with van der Waals surface area (Å²) in [6.45, 7) is 0. The molecule has 0 heterocycles. The SMILES string of the molecule is COc1ccc(C=NNC(=O)[C@H](CSCc2ccccc2)NC(=O)c2ccccc2Br)c(OC)c1. The van der Waals surface area contributed by atoms with E-state index in [1.807, 2.05) is 36.4 Å². The largest absolute Gasteiger partial charge is 0.497 e. The molecule has 0 fully saturated rings. The summed E-state index contributed by atoms with van der Waals surface area (Å²) < 4.78 is 11.2. The first-order valence-corrected chi connectivity index (χ1v) is 12.7. The quantitative estimate of drug-likeness (QED) is 0.265. The Morgan fingerprint density at radius 3 is 2.49 bits per heavy atom. The molecule has 3 rings (SSSR count). The third-order valence-corrected chi connectivity index (χ3v) is 6.75. The molecule has 35 heavy (non-hydrogen) atoms. The maximum atomic E-state index is 13.0. The summed E-state index contributed by atoms with van der Waals surface area (Å²) in [7, 11) is 3.11. The first-order valence-electron chi connectivity index (χ1n) is 10.7. The van der Waals surface area contributed by atoms with Gasteiger partial charge in [-0.25, -0.2) is 5.43 Å². The van der Waals surface area contributed by atoms with Gasteiger partial charge in [-0.3, -0.25) is 9.59 Å². The predicted octanol–water partition coefficient (Wildman–Crippen LogP) is 4.65. The standard InChI is InChI=1S/C26H26BrN3O4S/c1-33-20-13-12-19(24(14-20)34-2)15-28-30-26(32)23(17-35-16-18-8-4-3-5-9-18)29-25(31)21-10-6-7-11-22(21)27/h3-15,23H,16-17H2,1-2H3,(H,29,31)(H,30,32)/t23-/m0/s1. The molecule has 0 saturated heterocycles. The molecule has 0 aliphatic rings. The lowest BCUT2D eigenvalue weighted by Gasteiger charge is -2.17. The zero-order valence-corrected chi connectivity index (χ0v) is 21.8. The Bertz CT molecular complexity index is 1170. The monoisotopic (exact) mass is 555 g/mol. The van der Waals surface area contributed by atoms with E-state index < -0.39 is 11.9 Å². The molecule has 182 valence electrons. The molecular weight excluding hydrogens is 530 g/mol. The van der Waals surface area contributed by atoms with Crippen molar-refractivity contribution in [2.24, 2.45) is 5.10 Å².